The molecule has 116 valence electrons. The van der Waals surface area contributed by atoms with Crippen molar-refractivity contribution >= 4 is 11.3 Å². The molecule has 23 heavy (non-hydrogen) atoms. The lowest BCUT2D eigenvalue weighted by Gasteiger charge is -2.26. The maximum absolute atomic E-state index is 12.5. The molecule has 7 heteroatoms. The first-order chi connectivity index (χ1) is 11.3. The van der Waals surface area contributed by atoms with Crippen molar-refractivity contribution in [3.05, 3.63) is 62.7 Å². The predicted molar refractivity (Wildman–Crippen MR) is 88.0 cm³/mol. The molecule has 0 bridgehead atoms. The maximum atomic E-state index is 12.5. The minimum absolute atomic E-state index is 0.0503. The third kappa shape index (κ3) is 2.93. The van der Waals surface area contributed by atoms with E-state index in [0.717, 1.165) is 41.3 Å². The topological polar surface area (TPSA) is 74.8 Å². The van der Waals surface area contributed by atoms with Crippen LogP contribution in [0, 0.1) is 0 Å². The van der Waals surface area contributed by atoms with Crippen LogP contribution in [0.25, 0.3) is 11.4 Å². The molecule has 0 aromatic carbocycles. The fourth-order valence-electron chi connectivity index (χ4n) is 2.78. The second-order valence-electron chi connectivity index (χ2n) is 5.46. The Morgan fingerprint density at radius 3 is 2.91 bits per heavy atom. The molecule has 1 aliphatic rings. The number of nitrogens with zero attached hydrogens (tertiary/aromatic N) is 4. The van der Waals surface area contributed by atoms with Crippen LogP contribution < -0.4 is 5.56 Å². The Morgan fingerprint density at radius 2 is 2.13 bits per heavy atom. The molecule has 3 aromatic heterocycles. The molecule has 0 radical (unpaired) electrons. The van der Waals surface area contributed by atoms with Gasteiger partial charge >= 0.3 is 0 Å². The van der Waals surface area contributed by atoms with Crippen LogP contribution in [0.1, 0.15) is 16.3 Å². The van der Waals surface area contributed by atoms with Gasteiger partial charge in [0.1, 0.15) is 10.8 Å². The van der Waals surface area contributed by atoms with Crippen molar-refractivity contribution in [3.63, 3.8) is 0 Å². The molecule has 4 rings (SSSR count). The van der Waals surface area contributed by atoms with Crippen molar-refractivity contribution in [2.75, 3.05) is 6.54 Å². The Kier molecular flexibility index (Phi) is 3.72. The molecule has 0 spiro atoms. The summed E-state index contributed by atoms with van der Waals surface area (Å²) >= 11 is 1.64. The first-order valence-corrected chi connectivity index (χ1v) is 8.31. The largest absolute Gasteiger partial charge is 0.306 e. The Labute approximate surface area is 136 Å². The summed E-state index contributed by atoms with van der Waals surface area (Å²) in [4.78, 5) is 30.6. The van der Waals surface area contributed by atoms with Crippen molar-refractivity contribution in [2.45, 2.75) is 19.5 Å². The Bertz CT molecular complexity index is 860. The van der Waals surface area contributed by atoms with Crippen LogP contribution in [0.3, 0.4) is 0 Å². The lowest BCUT2D eigenvalue weighted by atomic mass is 10.1. The van der Waals surface area contributed by atoms with E-state index >= 15 is 0 Å². The van der Waals surface area contributed by atoms with Gasteiger partial charge in [0.25, 0.3) is 5.56 Å². The van der Waals surface area contributed by atoms with Crippen LogP contribution in [-0.2, 0) is 19.5 Å². The van der Waals surface area contributed by atoms with Crippen LogP contribution in [-0.4, -0.2) is 31.4 Å². The second-order valence-corrected chi connectivity index (χ2v) is 6.44. The summed E-state index contributed by atoms with van der Waals surface area (Å²) < 4.78 is 0. The summed E-state index contributed by atoms with van der Waals surface area (Å²) in [5, 5.41) is 3.05. The van der Waals surface area contributed by atoms with E-state index in [-0.39, 0.29) is 5.56 Å². The quantitative estimate of drug-likeness (QED) is 0.795. The first kappa shape index (κ1) is 14.2. The zero-order valence-electron chi connectivity index (χ0n) is 12.4. The highest BCUT2D eigenvalue weighted by Gasteiger charge is 2.22. The summed E-state index contributed by atoms with van der Waals surface area (Å²) in [6.45, 7) is 2.29. The van der Waals surface area contributed by atoms with Gasteiger partial charge in [0.15, 0.2) is 0 Å². The molecule has 0 amide bonds. The van der Waals surface area contributed by atoms with Crippen LogP contribution in [0.2, 0.25) is 0 Å². The second kappa shape index (κ2) is 6.02. The van der Waals surface area contributed by atoms with Crippen LogP contribution in [0.5, 0.6) is 0 Å². The fourth-order valence-corrected chi connectivity index (χ4v) is 3.44. The van der Waals surface area contributed by atoms with E-state index in [0.29, 0.717) is 12.4 Å². The van der Waals surface area contributed by atoms with E-state index in [2.05, 4.69) is 24.8 Å². The number of fused-ring (bicyclic) bond motifs is 1. The van der Waals surface area contributed by atoms with Crippen molar-refractivity contribution in [3.8, 4) is 11.4 Å². The van der Waals surface area contributed by atoms with Gasteiger partial charge < -0.3 is 4.98 Å². The van der Waals surface area contributed by atoms with Crippen molar-refractivity contribution in [2.24, 2.45) is 0 Å². The third-order valence-electron chi connectivity index (χ3n) is 3.94. The predicted octanol–water partition coefficient (Wildman–Crippen LogP) is 1.85. The number of H-pyrrole nitrogens is 1. The van der Waals surface area contributed by atoms with E-state index in [4.69, 9.17) is 0 Å². The Morgan fingerprint density at radius 1 is 1.26 bits per heavy atom. The molecule has 0 atom stereocenters. The first-order valence-electron chi connectivity index (χ1n) is 7.43. The van der Waals surface area contributed by atoms with Crippen molar-refractivity contribution in [1.29, 1.82) is 0 Å². The van der Waals surface area contributed by atoms with Gasteiger partial charge in [-0.2, -0.15) is 0 Å². The van der Waals surface area contributed by atoms with E-state index in [9.17, 15) is 4.79 Å². The SMILES string of the molecule is O=c1[nH]c(-c2ccncc2)nc2c1CN(Cc1nccs1)CC2. The Hall–Kier alpha value is -2.38. The average Bonchev–Trinajstić information content (AvgIpc) is 3.09. The highest BCUT2D eigenvalue weighted by atomic mass is 32.1. The number of thiazole rings is 1. The number of aromatic nitrogens is 4. The summed E-state index contributed by atoms with van der Waals surface area (Å²) in [5.41, 5.74) is 2.50. The molecule has 0 aliphatic carbocycles. The lowest BCUT2D eigenvalue weighted by molar-refractivity contribution is 0.241. The molecular formula is C16H15N5OS. The molecule has 6 nitrogen and oxygen atoms in total. The standard InChI is InChI=1S/C16H15N5OS/c22-16-12-9-21(10-14-18-6-8-23-14)7-3-13(12)19-15(20-16)11-1-4-17-5-2-11/h1-2,4-6,8H,3,7,9-10H2,(H,19,20,22). The van der Waals surface area contributed by atoms with Crippen LogP contribution in [0.4, 0.5) is 0 Å². The van der Waals surface area contributed by atoms with Gasteiger partial charge in [0, 0.05) is 49.0 Å². The minimum Gasteiger partial charge on any atom is -0.306 e. The smallest absolute Gasteiger partial charge is 0.255 e. The highest BCUT2D eigenvalue weighted by molar-refractivity contribution is 7.09. The van der Waals surface area contributed by atoms with Gasteiger partial charge in [-0.1, -0.05) is 0 Å². The van der Waals surface area contributed by atoms with E-state index < -0.39 is 0 Å². The zero-order valence-corrected chi connectivity index (χ0v) is 13.2. The number of nitrogens with one attached hydrogen (secondary N) is 1. The lowest BCUT2D eigenvalue weighted by Crippen LogP contribution is -2.35. The van der Waals surface area contributed by atoms with Gasteiger partial charge in [-0.15, -0.1) is 11.3 Å². The van der Waals surface area contributed by atoms with Crippen molar-refractivity contribution < 1.29 is 0 Å². The number of pyridine rings is 1. The normalized spacial score (nSPS) is 14.6. The summed E-state index contributed by atoms with van der Waals surface area (Å²) in [6.07, 6.45) is 5.99. The molecule has 1 N–H and O–H groups in total. The van der Waals surface area contributed by atoms with Crippen LogP contribution in [0.15, 0.2) is 40.9 Å². The Balaban J connectivity index is 1.62. The zero-order chi connectivity index (χ0) is 15.6. The van der Waals surface area contributed by atoms with Gasteiger partial charge in [-0.3, -0.25) is 14.7 Å². The summed E-state index contributed by atoms with van der Waals surface area (Å²) in [6, 6.07) is 3.70. The summed E-state index contributed by atoms with van der Waals surface area (Å²) in [5.74, 6) is 0.615. The molecular weight excluding hydrogens is 310 g/mol. The molecule has 4 heterocycles. The van der Waals surface area contributed by atoms with Gasteiger partial charge in [-0.05, 0) is 12.1 Å². The van der Waals surface area contributed by atoms with Crippen molar-refractivity contribution in [1.82, 2.24) is 24.8 Å². The highest BCUT2D eigenvalue weighted by Crippen LogP contribution is 2.20. The summed E-state index contributed by atoms with van der Waals surface area (Å²) in [7, 11) is 0. The maximum Gasteiger partial charge on any atom is 0.255 e. The molecule has 0 saturated heterocycles. The van der Waals surface area contributed by atoms with E-state index in [1.807, 2.05) is 23.7 Å². The van der Waals surface area contributed by atoms with Gasteiger partial charge in [-0.25, -0.2) is 9.97 Å². The number of rotatable bonds is 3. The molecule has 1 aliphatic heterocycles. The molecule has 3 aromatic rings. The molecule has 0 saturated carbocycles. The number of aromatic amines is 1. The van der Waals surface area contributed by atoms with Gasteiger partial charge in [0.05, 0.1) is 17.8 Å². The molecule has 0 unspecified atom stereocenters. The molecule has 0 fully saturated rings. The average molecular weight is 325 g/mol. The number of hydrogen-bond donors (Lipinski definition) is 1. The van der Waals surface area contributed by atoms with Gasteiger partial charge in [0.2, 0.25) is 0 Å². The minimum atomic E-state index is -0.0503. The monoisotopic (exact) mass is 325 g/mol. The fraction of sp³-hybridized carbons (Fsp3) is 0.250. The third-order valence-corrected chi connectivity index (χ3v) is 4.71. The van der Waals surface area contributed by atoms with E-state index in [1.54, 1.807) is 23.7 Å². The number of hydrogen-bond acceptors (Lipinski definition) is 6. The van der Waals surface area contributed by atoms with E-state index in [1.165, 1.54) is 0 Å². The van der Waals surface area contributed by atoms with Crippen LogP contribution >= 0.6 is 11.3 Å².